The van der Waals surface area contributed by atoms with Crippen LogP contribution >= 0.6 is 11.3 Å². The van der Waals surface area contributed by atoms with Crippen molar-refractivity contribution < 1.29 is 4.79 Å². The van der Waals surface area contributed by atoms with E-state index in [4.69, 9.17) is 0 Å². The topological polar surface area (TPSA) is 61.4 Å². The van der Waals surface area contributed by atoms with Crippen LogP contribution in [-0.4, -0.2) is 66.2 Å². The lowest BCUT2D eigenvalue weighted by molar-refractivity contribution is 0.0773. The molecule has 1 aliphatic rings. The molecule has 0 aromatic carbocycles. The number of carbonyl (C=O) groups excluding carboxylic acids is 1. The molecule has 112 valence electrons. The fourth-order valence-electron chi connectivity index (χ4n) is 2.42. The van der Waals surface area contributed by atoms with E-state index < -0.39 is 0 Å². The van der Waals surface area contributed by atoms with Gasteiger partial charge in [-0.25, -0.2) is 0 Å². The Labute approximate surface area is 124 Å². The van der Waals surface area contributed by atoms with E-state index in [1.807, 2.05) is 7.05 Å². The van der Waals surface area contributed by atoms with E-state index in [0.717, 1.165) is 44.2 Å². The van der Waals surface area contributed by atoms with Gasteiger partial charge in [-0.05, 0) is 32.4 Å². The van der Waals surface area contributed by atoms with Gasteiger partial charge in [0.05, 0.1) is 0 Å². The van der Waals surface area contributed by atoms with Crippen LogP contribution in [0.3, 0.4) is 0 Å². The van der Waals surface area contributed by atoms with E-state index in [1.165, 1.54) is 11.3 Å². The lowest BCUT2D eigenvalue weighted by atomic mass is 10.1. The molecule has 1 saturated heterocycles. The van der Waals surface area contributed by atoms with Crippen molar-refractivity contribution in [2.45, 2.75) is 19.8 Å². The maximum Gasteiger partial charge on any atom is 0.284 e. The summed E-state index contributed by atoms with van der Waals surface area (Å²) in [5, 5.41) is 12.3. The number of hydrogen-bond acceptors (Lipinski definition) is 6. The molecular formula is C13H23N5OS. The zero-order chi connectivity index (χ0) is 14.5. The number of nitrogens with zero attached hydrogens (tertiary/aromatic N) is 4. The van der Waals surface area contributed by atoms with Crippen molar-refractivity contribution in [2.75, 3.05) is 45.6 Å². The monoisotopic (exact) mass is 297 g/mol. The van der Waals surface area contributed by atoms with Crippen molar-refractivity contribution in [1.29, 1.82) is 0 Å². The van der Waals surface area contributed by atoms with Crippen LogP contribution in [0.2, 0.25) is 0 Å². The van der Waals surface area contributed by atoms with Crippen LogP contribution in [0.5, 0.6) is 0 Å². The third-order valence-electron chi connectivity index (χ3n) is 3.50. The van der Waals surface area contributed by atoms with Gasteiger partial charge in [0.2, 0.25) is 10.1 Å². The Balaban J connectivity index is 1.87. The molecule has 2 rings (SSSR count). The van der Waals surface area contributed by atoms with Crippen molar-refractivity contribution in [3.8, 4) is 0 Å². The summed E-state index contributed by atoms with van der Waals surface area (Å²) in [7, 11) is 3.97. The third-order valence-corrected chi connectivity index (χ3v) is 4.37. The number of aromatic nitrogens is 2. The van der Waals surface area contributed by atoms with Gasteiger partial charge in [0.15, 0.2) is 0 Å². The Morgan fingerprint density at radius 1 is 1.55 bits per heavy atom. The van der Waals surface area contributed by atoms with E-state index in [0.29, 0.717) is 10.9 Å². The van der Waals surface area contributed by atoms with Crippen molar-refractivity contribution in [2.24, 2.45) is 5.92 Å². The molecule has 7 heteroatoms. The van der Waals surface area contributed by atoms with Crippen molar-refractivity contribution in [1.82, 2.24) is 20.0 Å². The Bertz CT molecular complexity index is 450. The van der Waals surface area contributed by atoms with Gasteiger partial charge < -0.3 is 15.1 Å². The molecule has 20 heavy (non-hydrogen) atoms. The van der Waals surface area contributed by atoms with Crippen molar-refractivity contribution >= 4 is 22.4 Å². The molecule has 0 saturated carbocycles. The summed E-state index contributed by atoms with van der Waals surface area (Å²) in [6.07, 6.45) is 2.19. The standard InChI is InChI=1S/C13H23N5OS/c1-4-6-14-13-16-15-11(20-13)12(19)18(3)9-10-5-7-17(2)8-10/h10H,4-9H2,1-3H3,(H,14,16). The van der Waals surface area contributed by atoms with Crippen LogP contribution in [0.25, 0.3) is 0 Å². The van der Waals surface area contributed by atoms with Crippen molar-refractivity contribution in [3.63, 3.8) is 0 Å². The largest absolute Gasteiger partial charge is 0.360 e. The summed E-state index contributed by atoms with van der Waals surface area (Å²) in [5.74, 6) is 0.543. The zero-order valence-electron chi connectivity index (χ0n) is 12.4. The van der Waals surface area contributed by atoms with Gasteiger partial charge in [0.25, 0.3) is 5.91 Å². The third kappa shape index (κ3) is 3.89. The van der Waals surface area contributed by atoms with E-state index in [-0.39, 0.29) is 5.91 Å². The summed E-state index contributed by atoms with van der Waals surface area (Å²) in [6.45, 7) is 5.92. The number of carbonyl (C=O) groups is 1. The molecule has 0 spiro atoms. The second-order valence-electron chi connectivity index (χ2n) is 5.44. The second-order valence-corrected chi connectivity index (χ2v) is 6.42. The van der Waals surface area contributed by atoms with Gasteiger partial charge in [-0.2, -0.15) is 0 Å². The van der Waals surface area contributed by atoms with Gasteiger partial charge >= 0.3 is 0 Å². The lowest BCUT2D eigenvalue weighted by Crippen LogP contribution is -2.32. The summed E-state index contributed by atoms with van der Waals surface area (Å²) in [6, 6.07) is 0. The van der Waals surface area contributed by atoms with Crippen molar-refractivity contribution in [3.05, 3.63) is 5.01 Å². The molecule has 1 N–H and O–H groups in total. The van der Waals surface area contributed by atoms with E-state index in [2.05, 4.69) is 34.4 Å². The van der Waals surface area contributed by atoms with Crippen LogP contribution in [-0.2, 0) is 0 Å². The minimum absolute atomic E-state index is 0.0263. The minimum atomic E-state index is -0.0263. The summed E-state index contributed by atoms with van der Waals surface area (Å²) in [4.78, 5) is 16.4. The molecule has 1 amide bonds. The second kappa shape index (κ2) is 6.99. The molecule has 1 unspecified atom stereocenters. The number of amides is 1. The highest BCUT2D eigenvalue weighted by molar-refractivity contribution is 7.17. The summed E-state index contributed by atoms with van der Waals surface area (Å²) >= 11 is 1.33. The molecule has 0 bridgehead atoms. The van der Waals surface area contributed by atoms with Crippen LogP contribution < -0.4 is 5.32 Å². The fraction of sp³-hybridized carbons (Fsp3) is 0.769. The maximum atomic E-state index is 12.3. The van der Waals surface area contributed by atoms with E-state index in [9.17, 15) is 4.79 Å². The van der Waals surface area contributed by atoms with E-state index >= 15 is 0 Å². The average molecular weight is 297 g/mol. The Morgan fingerprint density at radius 2 is 2.35 bits per heavy atom. The van der Waals surface area contributed by atoms with Crippen LogP contribution in [0.4, 0.5) is 5.13 Å². The Morgan fingerprint density at radius 3 is 3.00 bits per heavy atom. The van der Waals surface area contributed by atoms with Gasteiger partial charge in [-0.3, -0.25) is 4.79 Å². The first-order valence-electron chi connectivity index (χ1n) is 7.11. The summed E-state index contributed by atoms with van der Waals surface area (Å²) < 4.78 is 0. The van der Waals surface area contributed by atoms with Gasteiger partial charge in [0, 0.05) is 26.7 Å². The SMILES string of the molecule is CCCNc1nnc(C(=O)N(C)CC2CCN(C)C2)s1. The first-order valence-corrected chi connectivity index (χ1v) is 7.93. The molecule has 1 aromatic rings. The molecule has 1 aliphatic heterocycles. The van der Waals surface area contributed by atoms with E-state index in [1.54, 1.807) is 4.90 Å². The maximum absolute atomic E-state index is 12.3. The smallest absolute Gasteiger partial charge is 0.284 e. The summed E-state index contributed by atoms with van der Waals surface area (Å²) in [5.41, 5.74) is 0. The van der Waals surface area contributed by atoms with Crippen LogP contribution in [0.15, 0.2) is 0 Å². The number of anilines is 1. The van der Waals surface area contributed by atoms with Crippen LogP contribution in [0, 0.1) is 5.92 Å². The number of likely N-dealkylation sites (tertiary alicyclic amines) is 1. The highest BCUT2D eigenvalue weighted by atomic mass is 32.1. The molecule has 0 radical (unpaired) electrons. The number of rotatable bonds is 6. The van der Waals surface area contributed by atoms with Gasteiger partial charge in [-0.15, -0.1) is 10.2 Å². The first-order chi connectivity index (χ1) is 9.60. The number of hydrogen-bond donors (Lipinski definition) is 1. The Kier molecular flexibility index (Phi) is 5.31. The molecule has 6 nitrogen and oxygen atoms in total. The normalized spacial score (nSPS) is 19.2. The highest BCUT2D eigenvalue weighted by Gasteiger charge is 2.24. The first kappa shape index (κ1) is 15.2. The van der Waals surface area contributed by atoms with Gasteiger partial charge in [-0.1, -0.05) is 18.3 Å². The van der Waals surface area contributed by atoms with Crippen LogP contribution in [0.1, 0.15) is 29.6 Å². The Hall–Kier alpha value is -1.21. The molecular weight excluding hydrogens is 274 g/mol. The van der Waals surface area contributed by atoms with Gasteiger partial charge in [0.1, 0.15) is 0 Å². The highest BCUT2D eigenvalue weighted by Crippen LogP contribution is 2.19. The molecule has 1 aromatic heterocycles. The minimum Gasteiger partial charge on any atom is -0.360 e. The molecule has 0 aliphatic carbocycles. The lowest BCUT2D eigenvalue weighted by Gasteiger charge is -2.19. The molecule has 1 atom stereocenters. The predicted molar refractivity (Wildman–Crippen MR) is 81.3 cm³/mol. The molecule has 1 fully saturated rings. The zero-order valence-corrected chi connectivity index (χ0v) is 13.2. The quantitative estimate of drug-likeness (QED) is 0.859. The average Bonchev–Trinajstić information content (AvgIpc) is 3.04. The molecule has 2 heterocycles. The fourth-order valence-corrected chi connectivity index (χ4v) is 3.19. The predicted octanol–water partition coefficient (Wildman–Crippen LogP) is 1.38. The number of nitrogens with one attached hydrogen (secondary N) is 1.